The zero-order valence-corrected chi connectivity index (χ0v) is 20.3. The highest BCUT2D eigenvalue weighted by atomic mass is 127. The van der Waals surface area contributed by atoms with Crippen LogP contribution in [0.2, 0.25) is 0 Å². The molecule has 0 aliphatic rings. The van der Waals surface area contributed by atoms with Gasteiger partial charge in [0.1, 0.15) is 5.82 Å². The molecule has 1 aromatic heterocycles. The number of nitrogens with one attached hydrogen (secondary N) is 2. The monoisotopic (exact) mass is 498 g/mol. The largest absolute Gasteiger partial charge is 0.354 e. The Balaban J connectivity index is 0.00000392. The van der Waals surface area contributed by atoms with E-state index in [0.29, 0.717) is 24.5 Å². The smallest absolute Gasteiger partial charge is 0.192 e. The van der Waals surface area contributed by atoms with E-state index in [1.807, 2.05) is 36.7 Å². The Bertz CT molecular complexity index is 733. The molecule has 6 nitrogen and oxygen atoms in total. The third kappa shape index (κ3) is 8.58. The standard InChI is InChI=1S/C21H34N6.HI/c1-16(12-13-21(3,4)5)24-20(22-14-18-10-8-7-9-11-18)23-15-19-26-25-17(2)27(19)6;/h7-11,16H,12-15H2,1-6H3,(H2,22,23,24);1H. The van der Waals surface area contributed by atoms with Crippen molar-refractivity contribution in [2.45, 2.75) is 66.6 Å². The van der Waals surface area contributed by atoms with E-state index in [-0.39, 0.29) is 24.0 Å². The Morgan fingerprint density at radius 2 is 1.86 bits per heavy atom. The van der Waals surface area contributed by atoms with Crippen molar-refractivity contribution in [3.63, 3.8) is 0 Å². The van der Waals surface area contributed by atoms with Gasteiger partial charge in [-0.05, 0) is 37.7 Å². The summed E-state index contributed by atoms with van der Waals surface area (Å²) in [6, 6.07) is 10.6. The molecule has 2 rings (SSSR count). The van der Waals surface area contributed by atoms with Crippen LogP contribution in [0.5, 0.6) is 0 Å². The van der Waals surface area contributed by atoms with Crippen molar-refractivity contribution in [3.8, 4) is 0 Å². The summed E-state index contributed by atoms with van der Waals surface area (Å²) in [5, 5.41) is 15.3. The van der Waals surface area contributed by atoms with Crippen LogP contribution in [-0.4, -0.2) is 26.8 Å². The molecule has 0 saturated heterocycles. The van der Waals surface area contributed by atoms with Gasteiger partial charge >= 0.3 is 0 Å². The highest BCUT2D eigenvalue weighted by molar-refractivity contribution is 14.0. The predicted molar refractivity (Wildman–Crippen MR) is 127 cm³/mol. The number of aromatic nitrogens is 3. The Kier molecular flexibility index (Phi) is 9.92. The van der Waals surface area contributed by atoms with E-state index in [9.17, 15) is 0 Å². The molecule has 2 N–H and O–H groups in total. The number of guanidine groups is 1. The van der Waals surface area contributed by atoms with Gasteiger partial charge in [0, 0.05) is 13.1 Å². The first-order valence-corrected chi connectivity index (χ1v) is 9.68. The lowest BCUT2D eigenvalue weighted by Crippen LogP contribution is -2.42. The third-order valence-electron chi connectivity index (χ3n) is 4.57. The third-order valence-corrected chi connectivity index (χ3v) is 4.57. The summed E-state index contributed by atoms with van der Waals surface area (Å²) in [5.41, 5.74) is 1.52. The molecule has 1 heterocycles. The maximum Gasteiger partial charge on any atom is 0.192 e. The van der Waals surface area contributed by atoms with Gasteiger partial charge < -0.3 is 15.2 Å². The Morgan fingerprint density at radius 3 is 2.43 bits per heavy atom. The summed E-state index contributed by atoms with van der Waals surface area (Å²) in [6.45, 7) is 12.2. The number of nitrogens with zero attached hydrogens (tertiary/aromatic N) is 4. The Morgan fingerprint density at radius 1 is 1.18 bits per heavy atom. The van der Waals surface area contributed by atoms with Gasteiger partial charge in [-0.2, -0.15) is 0 Å². The fourth-order valence-corrected chi connectivity index (χ4v) is 2.63. The fourth-order valence-electron chi connectivity index (χ4n) is 2.63. The number of rotatable bonds is 7. The lowest BCUT2D eigenvalue weighted by Gasteiger charge is -2.23. The number of hydrogen-bond acceptors (Lipinski definition) is 3. The summed E-state index contributed by atoms with van der Waals surface area (Å²) < 4.78 is 1.99. The van der Waals surface area contributed by atoms with Gasteiger partial charge in [0.15, 0.2) is 11.8 Å². The van der Waals surface area contributed by atoms with E-state index in [2.05, 4.69) is 60.7 Å². The average Bonchev–Trinajstić information content (AvgIpc) is 2.94. The second-order valence-electron chi connectivity index (χ2n) is 8.37. The molecule has 0 aliphatic heterocycles. The number of hydrogen-bond donors (Lipinski definition) is 2. The molecule has 28 heavy (non-hydrogen) atoms. The van der Waals surface area contributed by atoms with E-state index >= 15 is 0 Å². The van der Waals surface area contributed by atoms with Gasteiger partial charge in [0.05, 0.1) is 13.1 Å². The van der Waals surface area contributed by atoms with Gasteiger partial charge in [-0.3, -0.25) is 0 Å². The summed E-state index contributed by atoms with van der Waals surface area (Å²) in [5.74, 6) is 2.60. The van der Waals surface area contributed by atoms with Crippen molar-refractivity contribution in [3.05, 3.63) is 47.5 Å². The van der Waals surface area contributed by atoms with E-state index in [4.69, 9.17) is 4.99 Å². The van der Waals surface area contributed by atoms with Crippen LogP contribution in [0.3, 0.4) is 0 Å². The molecule has 0 amide bonds. The van der Waals surface area contributed by atoms with E-state index in [1.165, 1.54) is 5.56 Å². The van der Waals surface area contributed by atoms with Crippen molar-refractivity contribution in [1.82, 2.24) is 25.4 Å². The summed E-state index contributed by atoms with van der Waals surface area (Å²) in [6.07, 6.45) is 2.26. The van der Waals surface area contributed by atoms with E-state index in [0.717, 1.165) is 30.5 Å². The summed E-state index contributed by atoms with van der Waals surface area (Å²) in [4.78, 5) is 4.77. The van der Waals surface area contributed by atoms with Gasteiger partial charge in [-0.1, -0.05) is 51.1 Å². The molecule has 0 aliphatic carbocycles. The van der Waals surface area contributed by atoms with Crippen molar-refractivity contribution in [1.29, 1.82) is 0 Å². The molecule has 1 atom stereocenters. The topological polar surface area (TPSA) is 67.1 Å². The number of benzene rings is 1. The highest BCUT2D eigenvalue weighted by Crippen LogP contribution is 2.21. The lowest BCUT2D eigenvalue weighted by molar-refractivity contribution is 0.346. The van der Waals surface area contributed by atoms with E-state index in [1.54, 1.807) is 0 Å². The molecule has 1 aromatic carbocycles. The minimum absolute atomic E-state index is 0. The van der Waals surface area contributed by atoms with Gasteiger partial charge in [-0.15, -0.1) is 34.2 Å². The molecule has 0 saturated carbocycles. The average molecular weight is 498 g/mol. The maximum atomic E-state index is 4.77. The lowest BCUT2D eigenvalue weighted by atomic mass is 9.89. The van der Waals surface area contributed by atoms with Crippen molar-refractivity contribution < 1.29 is 0 Å². The molecule has 156 valence electrons. The zero-order valence-electron chi connectivity index (χ0n) is 18.0. The molecule has 2 aromatic rings. The van der Waals surface area contributed by atoms with Crippen LogP contribution in [0.1, 0.15) is 57.7 Å². The fraction of sp³-hybridized carbons (Fsp3) is 0.571. The molecule has 0 spiro atoms. The molecule has 7 heteroatoms. The van der Waals surface area contributed by atoms with Crippen LogP contribution in [0.4, 0.5) is 0 Å². The van der Waals surface area contributed by atoms with Crippen molar-refractivity contribution >= 4 is 29.9 Å². The molecule has 0 bridgehead atoms. The molecule has 0 fully saturated rings. The highest BCUT2D eigenvalue weighted by Gasteiger charge is 2.14. The minimum atomic E-state index is 0. The second kappa shape index (κ2) is 11.4. The van der Waals surface area contributed by atoms with Crippen LogP contribution < -0.4 is 10.6 Å². The maximum absolute atomic E-state index is 4.77. The first-order valence-electron chi connectivity index (χ1n) is 9.68. The normalized spacial score (nSPS) is 13.0. The second-order valence-corrected chi connectivity index (χ2v) is 8.37. The van der Waals surface area contributed by atoms with Crippen LogP contribution >= 0.6 is 24.0 Å². The Hall–Kier alpha value is -1.64. The van der Waals surface area contributed by atoms with Crippen LogP contribution in [0.25, 0.3) is 0 Å². The molecule has 0 radical (unpaired) electrons. The first-order chi connectivity index (χ1) is 12.7. The zero-order chi connectivity index (χ0) is 19.9. The molecular formula is C21H35IN6. The van der Waals surface area contributed by atoms with Gasteiger partial charge in [-0.25, -0.2) is 4.99 Å². The first kappa shape index (κ1) is 24.4. The van der Waals surface area contributed by atoms with Crippen LogP contribution in [0, 0.1) is 12.3 Å². The van der Waals surface area contributed by atoms with Crippen LogP contribution in [-0.2, 0) is 20.1 Å². The number of aryl methyl sites for hydroxylation is 1. The summed E-state index contributed by atoms with van der Waals surface area (Å²) >= 11 is 0. The SMILES string of the molecule is Cc1nnc(CNC(=NCc2ccccc2)NC(C)CCC(C)(C)C)n1C.I. The van der Waals surface area contributed by atoms with E-state index < -0.39 is 0 Å². The van der Waals surface area contributed by atoms with Crippen molar-refractivity contribution in [2.24, 2.45) is 17.5 Å². The minimum Gasteiger partial charge on any atom is -0.354 e. The van der Waals surface area contributed by atoms with Gasteiger partial charge in [0.25, 0.3) is 0 Å². The van der Waals surface area contributed by atoms with Gasteiger partial charge in [0.2, 0.25) is 0 Å². The molecule has 1 unspecified atom stereocenters. The quantitative estimate of drug-likeness (QED) is 0.341. The summed E-state index contributed by atoms with van der Waals surface area (Å²) in [7, 11) is 1.98. The van der Waals surface area contributed by atoms with Crippen LogP contribution in [0.15, 0.2) is 35.3 Å². The predicted octanol–water partition coefficient (Wildman–Crippen LogP) is 4.19. The molecular weight excluding hydrogens is 463 g/mol. The van der Waals surface area contributed by atoms with Crippen molar-refractivity contribution in [2.75, 3.05) is 0 Å². The number of halogens is 1. The Labute approximate surface area is 186 Å². The number of aliphatic imine (C=N–C) groups is 1.